The van der Waals surface area contributed by atoms with Crippen LogP contribution in [0.1, 0.15) is 44.2 Å². The number of hydrogen-bond donors (Lipinski definition) is 1. The Kier molecular flexibility index (Phi) is 5.00. The van der Waals surface area contributed by atoms with Gasteiger partial charge in [-0.15, -0.1) is 0 Å². The number of benzene rings is 1. The van der Waals surface area contributed by atoms with Crippen LogP contribution in [0.3, 0.4) is 0 Å². The molecule has 0 saturated heterocycles. The fourth-order valence-corrected chi connectivity index (χ4v) is 2.74. The molecule has 0 aromatic heterocycles. The normalized spacial score (nSPS) is 22.5. The Bertz CT molecular complexity index is 402. The summed E-state index contributed by atoms with van der Waals surface area (Å²) in [5, 5.41) is 0. The van der Waals surface area contributed by atoms with Crippen molar-refractivity contribution < 1.29 is 4.74 Å². The van der Waals surface area contributed by atoms with E-state index in [1.807, 2.05) is 0 Å². The molecule has 0 heterocycles. The maximum absolute atomic E-state index is 6.54. The van der Waals surface area contributed by atoms with Crippen molar-refractivity contribution in [3.8, 4) is 0 Å². The maximum Gasteiger partial charge on any atom is 0.0483 e. The monoisotopic (exact) mass is 261 g/mol. The van der Waals surface area contributed by atoms with Crippen LogP contribution >= 0.6 is 0 Å². The lowest BCUT2D eigenvalue weighted by molar-refractivity contribution is 0.102. The molecule has 0 aliphatic heterocycles. The highest BCUT2D eigenvalue weighted by Crippen LogP contribution is 2.29. The average Bonchev–Trinajstić information content (AvgIpc) is 2.38. The van der Waals surface area contributed by atoms with Gasteiger partial charge in [-0.1, -0.05) is 38.1 Å². The van der Waals surface area contributed by atoms with E-state index >= 15 is 0 Å². The fourth-order valence-electron chi connectivity index (χ4n) is 2.74. The van der Waals surface area contributed by atoms with Crippen molar-refractivity contribution in [1.29, 1.82) is 0 Å². The molecule has 2 N–H and O–H groups in total. The first-order valence-corrected chi connectivity index (χ1v) is 7.52. The van der Waals surface area contributed by atoms with Gasteiger partial charge in [-0.05, 0) is 49.1 Å². The second-order valence-electron chi connectivity index (χ2n) is 6.35. The summed E-state index contributed by atoms with van der Waals surface area (Å²) in [6, 6.07) is 8.69. The molecular formula is C17H27NO. The highest BCUT2D eigenvalue weighted by atomic mass is 16.5. The van der Waals surface area contributed by atoms with E-state index in [0.29, 0.717) is 5.92 Å². The first kappa shape index (κ1) is 14.5. The van der Waals surface area contributed by atoms with Gasteiger partial charge in [0, 0.05) is 18.8 Å². The predicted octanol–water partition coefficient (Wildman–Crippen LogP) is 3.33. The molecule has 0 radical (unpaired) electrons. The third-order valence-corrected chi connectivity index (χ3v) is 4.14. The Morgan fingerprint density at radius 3 is 2.68 bits per heavy atom. The third-order valence-electron chi connectivity index (χ3n) is 4.14. The van der Waals surface area contributed by atoms with E-state index in [9.17, 15) is 0 Å². The Balaban J connectivity index is 1.78. The number of fused-ring (bicyclic) bond motifs is 1. The minimum absolute atomic E-state index is 0.0633. The van der Waals surface area contributed by atoms with Crippen molar-refractivity contribution in [2.24, 2.45) is 11.7 Å². The average molecular weight is 261 g/mol. The SMILES string of the molecule is CC(C)CCOCCC1(N)CCc2ccccc2C1. The number of rotatable bonds is 6. The molecule has 106 valence electrons. The van der Waals surface area contributed by atoms with Gasteiger partial charge >= 0.3 is 0 Å². The topological polar surface area (TPSA) is 35.2 Å². The highest BCUT2D eigenvalue weighted by Gasteiger charge is 2.29. The molecule has 2 heteroatoms. The molecule has 1 aromatic carbocycles. The molecule has 0 fully saturated rings. The number of hydrogen-bond acceptors (Lipinski definition) is 2. The molecule has 0 amide bonds. The second-order valence-corrected chi connectivity index (χ2v) is 6.35. The zero-order chi connectivity index (χ0) is 13.7. The van der Waals surface area contributed by atoms with E-state index in [1.54, 1.807) is 0 Å². The number of ether oxygens (including phenoxy) is 1. The summed E-state index contributed by atoms with van der Waals surface area (Å²) in [5.41, 5.74) is 9.38. The van der Waals surface area contributed by atoms with E-state index in [1.165, 1.54) is 11.1 Å². The summed E-state index contributed by atoms with van der Waals surface area (Å²) in [6.45, 7) is 6.12. The van der Waals surface area contributed by atoms with E-state index in [4.69, 9.17) is 10.5 Å². The molecule has 0 bridgehead atoms. The molecule has 1 unspecified atom stereocenters. The summed E-state index contributed by atoms with van der Waals surface area (Å²) in [4.78, 5) is 0. The van der Waals surface area contributed by atoms with Crippen molar-refractivity contribution in [2.75, 3.05) is 13.2 Å². The lowest BCUT2D eigenvalue weighted by Gasteiger charge is -2.34. The highest BCUT2D eigenvalue weighted by molar-refractivity contribution is 5.32. The van der Waals surface area contributed by atoms with E-state index in [0.717, 1.165) is 45.3 Å². The van der Waals surface area contributed by atoms with Crippen molar-refractivity contribution in [3.05, 3.63) is 35.4 Å². The summed E-state index contributed by atoms with van der Waals surface area (Å²) in [7, 11) is 0. The third kappa shape index (κ3) is 4.32. The Morgan fingerprint density at radius 1 is 1.21 bits per heavy atom. The summed E-state index contributed by atoms with van der Waals surface area (Å²) >= 11 is 0. The molecule has 1 aromatic rings. The van der Waals surface area contributed by atoms with Gasteiger partial charge in [-0.2, -0.15) is 0 Å². The second kappa shape index (κ2) is 6.53. The first-order valence-electron chi connectivity index (χ1n) is 7.52. The lowest BCUT2D eigenvalue weighted by atomic mass is 9.77. The molecule has 1 aliphatic carbocycles. The van der Waals surface area contributed by atoms with Gasteiger partial charge in [0.1, 0.15) is 0 Å². The van der Waals surface area contributed by atoms with Crippen LogP contribution < -0.4 is 5.73 Å². The predicted molar refractivity (Wildman–Crippen MR) is 80.3 cm³/mol. The number of nitrogens with two attached hydrogens (primary N) is 1. The van der Waals surface area contributed by atoms with Crippen LogP contribution in [0.25, 0.3) is 0 Å². The van der Waals surface area contributed by atoms with Gasteiger partial charge in [-0.3, -0.25) is 0 Å². The minimum atomic E-state index is -0.0633. The van der Waals surface area contributed by atoms with Crippen molar-refractivity contribution >= 4 is 0 Å². The van der Waals surface area contributed by atoms with E-state index in [2.05, 4.69) is 38.1 Å². The zero-order valence-electron chi connectivity index (χ0n) is 12.3. The van der Waals surface area contributed by atoms with Gasteiger partial charge < -0.3 is 10.5 Å². The van der Waals surface area contributed by atoms with Crippen molar-refractivity contribution in [1.82, 2.24) is 0 Å². The van der Waals surface area contributed by atoms with E-state index in [-0.39, 0.29) is 5.54 Å². The van der Waals surface area contributed by atoms with Crippen LogP contribution in [0.2, 0.25) is 0 Å². The minimum Gasteiger partial charge on any atom is -0.381 e. The van der Waals surface area contributed by atoms with Gasteiger partial charge in [0.05, 0.1) is 0 Å². The zero-order valence-corrected chi connectivity index (χ0v) is 12.3. The smallest absolute Gasteiger partial charge is 0.0483 e. The molecule has 2 nitrogen and oxygen atoms in total. The fraction of sp³-hybridized carbons (Fsp3) is 0.647. The Morgan fingerprint density at radius 2 is 1.95 bits per heavy atom. The first-order chi connectivity index (χ1) is 9.09. The van der Waals surface area contributed by atoms with Crippen LogP contribution in [-0.4, -0.2) is 18.8 Å². The molecule has 0 saturated carbocycles. The van der Waals surface area contributed by atoms with Crippen LogP contribution in [0.4, 0.5) is 0 Å². The summed E-state index contributed by atoms with van der Waals surface area (Å²) in [5.74, 6) is 0.716. The Hall–Kier alpha value is -0.860. The molecule has 1 aliphatic rings. The largest absolute Gasteiger partial charge is 0.381 e. The standard InChI is InChI=1S/C17H27NO/c1-14(2)8-11-19-12-10-17(18)9-7-15-5-3-4-6-16(15)13-17/h3-6,14H,7-13,18H2,1-2H3. The summed E-state index contributed by atoms with van der Waals surface area (Å²) in [6.07, 6.45) is 5.30. The van der Waals surface area contributed by atoms with Crippen LogP contribution in [0.15, 0.2) is 24.3 Å². The lowest BCUT2D eigenvalue weighted by Crippen LogP contribution is -2.46. The quantitative estimate of drug-likeness (QED) is 0.797. The van der Waals surface area contributed by atoms with Gasteiger partial charge in [0.15, 0.2) is 0 Å². The number of aryl methyl sites for hydroxylation is 1. The van der Waals surface area contributed by atoms with Gasteiger partial charge in [0.2, 0.25) is 0 Å². The Labute approximate surface area is 117 Å². The van der Waals surface area contributed by atoms with Crippen LogP contribution in [-0.2, 0) is 17.6 Å². The van der Waals surface area contributed by atoms with Crippen molar-refractivity contribution in [2.45, 2.75) is 51.5 Å². The van der Waals surface area contributed by atoms with Gasteiger partial charge in [-0.25, -0.2) is 0 Å². The van der Waals surface area contributed by atoms with Gasteiger partial charge in [0.25, 0.3) is 0 Å². The molecule has 1 atom stereocenters. The van der Waals surface area contributed by atoms with Crippen molar-refractivity contribution in [3.63, 3.8) is 0 Å². The van der Waals surface area contributed by atoms with Crippen LogP contribution in [0, 0.1) is 5.92 Å². The molecule has 0 spiro atoms. The molecule has 2 rings (SSSR count). The van der Waals surface area contributed by atoms with Crippen LogP contribution in [0.5, 0.6) is 0 Å². The molecular weight excluding hydrogens is 234 g/mol. The molecule has 19 heavy (non-hydrogen) atoms. The maximum atomic E-state index is 6.54. The van der Waals surface area contributed by atoms with E-state index < -0.39 is 0 Å². The summed E-state index contributed by atoms with van der Waals surface area (Å²) < 4.78 is 5.72.